The van der Waals surface area contributed by atoms with E-state index in [9.17, 15) is 60.8 Å². The van der Waals surface area contributed by atoms with Crippen molar-refractivity contribution in [3.8, 4) is 11.5 Å². The molecule has 6 rings (SSSR count). The highest BCUT2D eigenvalue weighted by Gasteiger charge is 2.74. The lowest BCUT2D eigenvalue weighted by Gasteiger charge is -2.38. The van der Waals surface area contributed by atoms with Crippen LogP contribution in [0.2, 0.25) is 0 Å². The van der Waals surface area contributed by atoms with Gasteiger partial charge in [0.25, 0.3) is 17.7 Å². The number of amides is 3. The van der Waals surface area contributed by atoms with E-state index in [1.165, 1.54) is 26.0 Å². The third kappa shape index (κ3) is 9.52. The van der Waals surface area contributed by atoms with Gasteiger partial charge < -0.3 is 36.6 Å². The normalized spacial score (nSPS) is 12.5. The van der Waals surface area contributed by atoms with Crippen molar-refractivity contribution in [1.29, 1.82) is 0 Å². The van der Waals surface area contributed by atoms with Crippen LogP contribution in [0.25, 0.3) is 0 Å². The number of carboxylic acid groups (broad SMARTS) is 1. The summed E-state index contributed by atoms with van der Waals surface area (Å²) >= 11 is 0. The van der Waals surface area contributed by atoms with Gasteiger partial charge in [0, 0.05) is 29.5 Å². The fourth-order valence-corrected chi connectivity index (χ4v) is 8.03. The van der Waals surface area contributed by atoms with E-state index in [4.69, 9.17) is 0 Å². The van der Waals surface area contributed by atoms with Gasteiger partial charge in [0.15, 0.2) is 0 Å². The predicted octanol–water partition coefficient (Wildman–Crippen LogP) is 12.0. The van der Waals surface area contributed by atoms with Gasteiger partial charge in [0.1, 0.15) is 11.5 Å². The van der Waals surface area contributed by atoms with Crippen LogP contribution < -0.4 is 21.3 Å². The monoisotopic (exact) mass is 1020 g/mol. The molecular weight excluding hydrogens is 985 g/mol. The van der Waals surface area contributed by atoms with Gasteiger partial charge in [-0.05, 0) is 114 Å². The van der Waals surface area contributed by atoms with E-state index >= 15 is 26.3 Å². The molecule has 0 spiro atoms. The van der Waals surface area contributed by atoms with Crippen molar-refractivity contribution in [2.75, 3.05) is 28.3 Å². The maximum absolute atomic E-state index is 15.3. The lowest BCUT2D eigenvalue weighted by Crippen LogP contribution is -2.54. The van der Waals surface area contributed by atoms with E-state index in [0.29, 0.717) is 48.5 Å². The molecule has 7 N–H and O–H groups in total. The summed E-state index contributed by atoms with van der Waals surface area (Å²) in [6.45, 7) is 2.47. The zero-order chi connectivity index (χ0) is 53.5. The lowest BCUT2D eigenvalue weighted by molar-refractivity contribution is -0.290. The molecule has 0 bridgehead atoms. The number of alkyl halides is 12. The number of aromatic carboxylic acids is 1. The number of benzene rings is 6. The van der Waals surface area contributed by atoms with E-state index < -0.39 is 138 Å². The summed E-state index contributed by atoms with van der Waals surface area (Å²) in [5, 5.41) is 38.8. The van der Waals surface area contributed by atoms with Crippen LogP contribution in [0.15, 0.2) is 121 Å². The van der Waals surface area contributed by atoms with Crippen molar-refractivity contribution in [1.82, 2.24) is 0 Å². The van der Waals surface area contributed by atoms with Crippen molar-refractivity contribution in [3.63, 3.8) is 0 Å². The zero-order valence-electron chi connectivity index (χ0n) is 37.1. The SMILES string of the molecule is CNc1cc(C(c2ccc(C)c(NC(=O)c3cccc(C(=O)Nc4cc(C(c5ccc(C)c(NC(=O)c6ccccc6C(=O)O)c5)(C(F)(F)F)C(F)(F)F)ccc4O)c3)c2)(C(F)(F)F)C(F)(F)F)ccc1O. The summed E-state index contributed by atoms with van der Waals surface area (Å²) in [7, 11) is 1.14. The van der Waals surface area contributed by atoms with Crippen LogP contribution in [0.3, 0.4) is 0 Å². The number of carboxylic acids is 1. The number of hydrogen-bond donors (Lipinski definition) is 7. The highest BCUT2D eigenvalue weighted by Crippen LogP contribution is 2.59. The lowest BCUT2D eigenvalue weighted by atomic mass is 9.72. The Labute approximate surface area is 399 Å². The molecule has 0 aliphatic carbocycles. The van der Waals surface area contributed by atoms with Crippen LogP contribution in [0.5, 0.6) is 11.5 Å². The van der Waals surface area contributed by atoms with Crippen LogP contribution >= 0.6 is 0 Å². The maximum Gasteiger partial charge on any atom is 0.411 e. The number of aryl methyl sites for hydroxylation is 2. The Morgan fingerprint density at radius 2 is 0.764 bits per heavy atom. The van der Waals surface area contributed by atoms with E-state index in [0.717, 1.165) is 55.6 Å². The first-order valence-electron chi connectivity index (χ1n) is 20.6. The molecule has 6 aromatic rings. The summed E-state index contributed by atoms with van der Waals surface area (Å²) < 4.78 is 182. The zero-order valence-corrected chi connectivity index (χ0v) is 37.1. The Hall–Kier alpha value is -8.24. The van der Waals surface area contributed by atoms with Gasteiger partial charge in [-0.3, -0.25) is 14.4 Å². The van der Waals surface area contributed by atoms with Gasteiger partial charge in [-0.25, -0.2) is 4.79 Å². The molecule has 0 radical (unpaired) electrons. The molecule has 0 saturated carbocycles. The number of aromatic hydroxyl groups is 2. The fourth-order valence-electron chi connectivity index (χ4n) is 8.03. The number of phenols is 2. The highest BCUT2D eigenvalue weighted by atomic mass is 19.4. The van der Waals surface area contributed by atoms with Gasteiger partial charge in [-0.15, -0.1) is 0 Å². The van der Waals surface area contributed by atoms with Crippen molar-refractivity contribution in [2.45, 2.75) is 49.4 Å². The summed E-state index contributed by atoms with van der Waals surface area (Å²) in [4.78, 5) is 52.0. The molecule has 0 saturated heterocycles. The first-order valence-corrected chi connectivity index (χ1v) is 20.6. The average molecular weight is 1020 g/mol. The Morgan fingerprint density at radius 3 is 1.17 bits per heavy atom. The second kappa shape index (κ2) is 19.2. The van der Waals surface area contributed by atoms with Crippen LogP contribution in [0.4, 0.5) is 75.4 Å². The van der Waals surface area contributed by atoms with Gasteiger partial charge >= 0.3 is 30.7 Å². The third-order valence-electron chi connectivity index (χ3n) is 11.7. The average Bonchev–Trinajstić information content (AvgIpc) is 3.28. The summed E-state index contributed by atoms with van der Waals surface area (Å²) in [5.74, 6) is -7.04. The molecule has 23 heteroatoms. The number of hydrogen-bond acceptors (Lipinski definition) is 7. The minimum atomic E-state index is -6.25. The van der Waals surface area contributed by atoms with Gasteiger partial charge in [-0.1, -0.05) is 54.6 Å². The van der Waals surface area contributed by atoms with Gasteiger partial charge in [0.05, 0.1) is 22.5 Å². The largest absolute Gasteiger partial charge is 0.506 e. The van der Waals surface area contributed by atoms with Gasteiger partial charge in [-0.2, -0.15) is 52.7 Å². The van der Waals surface area contributed by atoms with Crippen LogP contribution in [0.1, 0.15) is 74.8 Å². The molecule has 3 amide bonds. The highest BCUT2D eigenvalue weighted by molar-refractivity contribution is 6.11. The first-order chi connectivity index (χ1) is 33.4. The molecular formula is C49H36F12N4O7. The molecule has 11 nitrogen and oxygen atoms in total. The summed E-state index contributed by atoms with van der Waals surface area (Å²) in [6.07, 6.45) is -24.7. The summed E-state index contributed by atoms with van der Waals surface area (Å²) in [6, 6.07) is 14.5. The number of rotatable bonds is 12. The molecule has 0 aromatic heterocycles. The number of carbonyl (C=O) groups excluding carboxylic acids is 3. The van der Waals surface area contributed by atoms with Crippen molar-refractivity contribution in [2.24, 2.45) is 0 Å². The van der Waals surface area contributed by atoms with Crippen LogP contribution in [-0.4, -0.2) is 70.8 Å². The van der Waals surface area contributed by atoms with E-state index in [1.807, 2.05) is 5.32 Å². The first kappa shape index (κ1) is 53.1. The van der Waals surface area contributed by atoms with Crippen LogP contribution in [0, 0.1) is 13.8 Å². The number of halogens is 12. The van der Waals surface area contributed by atoms with E-state index in [-0.39, 0.29) is 23.3 Å². The van der Waals surface area contributed by atoms with Gasteiger partial charge in [0.2, 0.25) is 10.8 Å². The van der Waals surface area contributed by atoms with E-state index in [1.54, 1.807) is 0 Å². The predicted molar refractivity (Wildman–Crippen MR) is 238 cm³/mol. The quantitative estimate of drug-likeness (QED) is 0.0468. The molecule has 6 aromatic carbocycles. The number of anilines is 4. The third-order valence-corrected chi connectivity index (χ3v) is 11.7. The molecule has 0 fully saturated rings. The molecule has 72 heavy (non-hydrogen) atoms. The van der Waals surface area contributed by atoms with Crippen LogP contribution in [-0.2, 0) is 10.8 Å². The van der Waals surface area contributed by atoms with Crippen molar-refractivity contribution in [3.05, 3.63) is 177 Å². The Balaban J connectivity index is 1.34. The number of carbonyl (C=O) groups is 4. The molecule has 0 heterocycles. The van der Waals surface area contributed by atoms with Crippen molar-refractivity contribution >= 4 is 46.4 Å². The number of phenolic OH excluding ortho intramolecular Hbond substituents is 2. The Morgan fingerprint density at radius 1 is 0.417 bits per heavy atom. The van der Waals surface area contributed by atoms with E-state index in [2.05, 4.69) is 16.0 Å². The minimum Gasteiger partial charge on any atom is -0.506 e. The minimum absolute atomic E-state index is 0.0434. The number of nitrogens with one attached hydrogen (secondary N) is 4. The maximum atomic E-state index is 15.3. The topological polar surface area (TPSA) is 177 Å². The second-order valence-corrected chi connectivity index (χ2v) is 16.1. The molecule has 0 aliphatic rings. The standard InChI is InChI=1S/C49H36F12N4O7/c1-24-11-13-28(44(46(50,51)52,47(53,54)55)30-15-17-38(66)36(22-30)62-3)20-34(24)63-40(68)26-7-6-8-27(19-26)41(69)65-37-23-31(16-18-39(37)67)45(48(56,57)58,49(59,60)61)29-14-12-25(2)35(21-29)64-42(70)32-9-4-5-10-33(32)43(71)72/h4-23,62,66-67H,1-3H3,(H,63,68)(H,64,70)(H,65,69)(H,71,72). The Kier molecular flexibility index (Phi) is 14.1. The molecule has 0 atom stereocenters. The molecule has 378 valence electrons. The van der Waals surface area contributed by atoms with Crippen molar-refractivity contribution < 1.29 is 87.2 Å². The Bertz CT molecular complexity index is 3080. The molecule has 0 aliphatic heterocycles. The summed E-state index contributed by atoms with van der Waals surface area (Å²) in [5.41, 5.74) is -20.3. The molecule has 0 unspecified atom stereocenters. The smallest absolute Gasteiger partial charge is 0.411 e. The second-order valence-electron chi connectivity index (χ2n) is 16.1. The fraction of sp³-hybridized carbons (Fsp3) is 0.184.